The van der Waals surface area contributed by atoms with Gasteiger partial charge in [-0.15, -0.1) is 0 Å². The van der Waals surface area contributed by atoms with Crippen molar-refractivity contribution < 1.29 is 9.84 Å². The minimum atomic E-state index is -0.860. The van der Waals surface area contributed by atoms with Gasteiger partial charge in [0, 0.05) is 18.2 Å². The molecular formula is C14H15NO2. The van der Waals surface area contributed by atoms with Crippen LogP contribution in [0.2, 0.25) is 0 Å². The molecule has 1 saturated heterocycles. The first kappa shape index (κ1) is 10.7. The van der Waals surface area contributed by atoms with E-state index in [0.717, 1.165) is 35.9 Å². The Hall–Kier alpha value is -1.45. The molecule has 2 aromatic rings. The highest BCUT2D eigenvalue weighted by molar-refractivity contribution is 5.82. The molecule has 0 amide bonds. The Morgan fingerprint density at radius 1 is 1.24 bits per heavy atom. The van der Waals surface area contributed by atoms with Crippen LogP contribution in [0.4, 0.5) is 0 Å². The molecule has 3 heteroatoms. The number of ether oxygens (including phenoxy) is 1. The van der Waals surface area contributed by atoms with E-state index in [2.05, 4.69) is 4.98 Å². The minimum absolute atomic E-state index is 0.376. The second kappa shape index (κ2) is 4.09. The third-order valence-electron chi connectivity index (χ3n) is 3.37. The molecule has 3 nitrogen and oxygen atoms in total. The zero-order valence-corrected chi connectivity index (χ0v) is 9.60. The molecule has 0 aliphatic carbocycles. The lowest BCUT2D eigenvalue weighted by atomic mass is 9.86. The summed E-state index contributed by atoms with van der Waals surface area (Å²) in [6.07, 6.45) is 3.42. The number of aromatic nitrogens is 1. The normalized spacial score (nSPS) is 25.0. The molecule has 2 heterocycles. The number of benzene rings is 1. The van der Waals surface area contributed by atoms with E-state index in [1.807, 2.05) is 30.3 Å². The van der Waals surface area contributed by atoms with Crippen molar-refractivity contribution in [1.82, 2.24) is 4.98 Å². The van der Waals surface area contributed by atoms with E-state index in [4.69, 9.17) is 4.74 Å². The molecule has 0 radical (unpaired) electrons. The zero-order valence-electron chi connectivity index (χ0n) is 9.60. The predicted octanol–water partition coefficient (Wildman–Crippen LogP) is 2.23. The van der Waals surface area contributed by atoms with Crippen LogP contribution in [0.25, 0.3) is 10.9 Å². The molecule has 88 valence electrons. The van der Waals surface area contributed by atoms with Gasteiger partial charge in [-0.05, 0) is 30.5 Å². The third kappa shape index (κ3) is 1.81. The molecule has 1 fully saturated rings. The van der Waals surface area contributed by atoms with E-state index in [1.165, 1.54) is 0 Å². The number of hydrogen-bond acceptors (Lipinski definition) is 3. The first-order valence-corrected chi connectivity index (χ1v) is 5.94. The lowest BCUT2D eigenvalue weighted by Gasteiger charge is -2.33. The smallest absolute Gasteiger partial charge is 0.114 e. The average molecular weight is 229 g/mol. The quantitative estimate of drug-likeness (QED) is 0.815. The fourth-order valence-electron chi connectivity index (χ4n) is 2.50. The van der Waals surface area contributed by atoms with Crippen LogP contribution < -0.4 is 0 Å². The number of hydrogen-bond donors (Lipinski definition) is 1. The van der Waals surface area contributed by atoms with Gasteiger partial charge in [0.05, 0.1) is 12.1 Å². The molecule has 1 N–H and O–H groups in total. The monoisotopic (exact) mass is 229 g/mol. The van der Waals surface area contributed by atoms with Gasteiger partial charge in [0.25, 0.3) is 0 Å². The topological polar surface area (TPSA) is 42.4 Å². The Morgan fingerprint density at radius 2 is 2.18 bits per heavy atom. The van der Waals surface area contributed by atoms with Crippen molar-refractivity contribution in [3.05, 3.63) is 42.1 Å². The van der Waals surface area contributed by atoms with Crippen molar-refractivity contribution in [2.24, 2.45) is 0 Å². The van der Waals surface area contributed by atoms with Gasteiger partial charge >= 0.3 is 0 Å². The van der Waals surface area contributed by atoms with E-state index in [1.54, 1.807) is 6.20 Å². The summed E-state index contributed by atoms with van der Waals surface area (Å²) in [5, 5.41) is 11.7. The van der Waals surface area contributed by atoms with E-state index >= 15 is 0 Å². The number of fused-ring (bicyclic) bond motifs is 1. The van der Waals surface area contributed by atoms with Gasteiger partial charge in [-0.25, -0.2) is 0 Å². The van der Waals surface area contributed by atoms with Crippen molar-refractivity contribution in [2.75, 3.05) is 13.2 Å². The van der Waals surface area contributed by atoms with Gasteiger partial charge in [0.2, 0.25) is 0 Å². The van der Waals surface area contributed by atoms with E-state index < -0.39 is 5.60 Å². The van der Waals surface area contributed by atoms with Gasteiger partial charge in [0.15, 0.2) is 0 Å². The first-order chi connectivity index (χ1) is 8.30. The third-order valence-corrected chi connectivity index (χ3v) is 3.37. The van der Waals surface area contributed by atoms with Crippen molar-refractivity contribution in [2.45, 2.75) is 18.4 Å². The van der Waals surface area contributed by atoms with Crippen LogP contribution in [0.5, 0.6) is 0 Å². The highest BCUT2D eigenvalue weighted by Crippen LogP contribution is 2.34. The number of aliphatic hydroxyl groups is 1. The average Bonchev–Trinajstić information content (AvgIpc) is 2.39. The largest absolute Gasteiger partial charge is 0.383 e. The Balaban J connectivity index is 2.16. The van der Waals surface area contributed by atoms with E-state index in [0.29, 0.717) is 6.61 Å². The second-order valence-electron chi connectivity index (χ2n) is 4.56. The highest BCUT2D eigenvalue weighted by Gasteiger charge is 2.33. The maximum absolute atomic E-state index is 10.7. The molecule has 3 rings (SSSR count). The Labute approximate surface area is 100 Å². The van der Waals surface area contributed by atoms with Crippen molar-refractivity contribution in [1.29, 1.82) is 0 Å². The molecule has 1 atom stereocenters. The fraction of sp³-hybridized carbons (Fsp3) is 0.357. The number of nitrogens with zero attached hydrogens (tertiary/aromatic N) is 1. The van der Waals surface area contributed by atoms with Gasteiger partial charge in [-0.1, -0.05) is 18.2 Å². The summed E-state index contributed by atoms with van der Waals surface area (Å²) in [7, 11) is 0. The highest BCUT2D eigenvalue weighted by atomic mass is 16.5. The molecule has 1 unspecified atom stereocenters. The van der Waals surface area contributed by atoms with Crippen molar-refractivity contribution >= 4 is 10.9 Å². The summed E-state index contributed by atoms with van der Waals surface area (Å²) < 4.78 is 5.42. The van der Waals surface area contributed by atoms with Gasteiger partial charge in [0.1, 0.15) is 5.60 Å². The molecule has 0 saturated carbocycles. The lowest BCUT2D eigenvalue weighted by Crippen LogP contribution is -2.36. The summed E-state index contributed by atoms with van der Waals surface area (Å²) in [6, 6.07) is 9.78. The first-order valence-electron chi connectivity index (χ1n) is 5.94. The predicted molar refractivity (Wildman–Crippen MR) is 65.7 cm³/mol. The maximum Gasteiger partial charge on any atom is 0.114 e. The summed E-state index contributed by atoms with van der Waals surface area (Å²) in [4.78, 5) is 4.32. The van der Waals surface area contributed by atoms with E-state index in [-0.39, 0.29) is 0 Å². The zero-order chi connectivity index (χ0) is 11.7. The molecule has 0 bridgehead atoms. The molecule has 0 spiro atoms. The molecule has 1 aliphatic rings. The van der Waals surface area contributed by atoms with Crippen LogP contribution in [-0.2, 0) is 10.3 Å². The standard InChI is InChI=1S/C14H15NO2/c16-14(7-3-9-17-10-14)12-5-1-6-13-11(12)4-2-8-15-13/h1-2,4-6,8,16H,3,7,9-10H2. The molecule has 1 aliphatic heterocycles. The summed E-state index contributed by atoms with van der Waals surface area (Å²) >= 11 is 0. The molecule has 1 aromatic heterocycles. The second-order valence-corrected chi connectivity index (χ2v) is 4.56. The van der Waals surface area contributed by atoms with Crippen molar-refractivity contribution in [3.63, 3.8) is 0 Å². The van der Waals surface area contributed by atoms with Crippen LogP contribution in [-0.4, -0.2) is 23.3 Å². The van der Waals surface area contributed by atoms with Crippen LogP contribution in [0, 0.1) is 0 Å². The molecule has 1 aromatic carbocycles. The number of pyridine rings is 1. The summed E-state index contributed by atoms with van der Waals surface area (Å²) in [5.41, 5.74) is 0.993. The van der Waals surface area contributed by atoms with Crippen LogP contribution in [0.15, 0.2) is 36.5 Å². The Morgan fingerprint density at radius 3 is 3.00 bits per heavy atom. The fourth-order valence-corrected chi connectivity index (χ4v) is 2.50. The van der Waals surface area contributed by atoms with Gasteiger partial charge in [-0.2, -0.15) is 0 Å². The summed E-state index contributed by atoms with van der Waals surface area (Å²) in [5.74, 6) is 0. The number of rotatable bonds is 1. The Kier molecular flexibility index (Phi) is 2.57. The Bertz CT molecular complexity index is 527. The molecule has 17 heavy (non-hydrogen) atoms. The van der Waals surface area contributed by atoms with Crippen LogP contribution >= 0.6 is 0 Å². The van der Waals surface area contributed by atoms with E-state index in [9.17, 15) is 5.11 Å². The van der Waals surface area contributed by atoms with Gasteiger partial charge in [-0.3, -0.25) is 4.98 Å². The molecular weight excluding hydrogens is 214 g/mol. The minimum Gasteiger partial charge on any atom is -0.383 e. The van der Waals surface area contributed by atoms with Crippen LogP contribution in [0.3, 0.4) is 0 Å². The van der Waals surface area contributed by atoms with Crippen molar-refractivity contribution in [3.8, 4) is 0 Å². The summed E-state index contributed by atoms with van der Waals surface area (Å²) in [6.45, 7) is 1.12. The SMILES string of the molecule is OC1(c2cccc3ncccc23)CCCOC1. The van der Waals surface area contributed by atoms with Gasteiger partial charge < -0.3 is 9.84 Å². The maximum atomic E-state index is 10.7. The van der Waals surface area contributed by atoms with Crippen LogP contribution in [0.1, 0.15) is 18.4 Å². The lowest BCUT2D eigenvalue weighted by molar-refractivity contribution is -0.0893.